The molecular weight excluding hydrogens is 375 g/mol. The van der Waals surface area contributed by atoms with Gasteiger partial charge in [0.15, 0.2) is 0 Å². The molecule has 0 aliphatic heterocycles. The zero-order valence-corrected chi connectivity index (χ0v) is 15.9. The molecule has 0 aliphatic rings. The first-order chi connectivity index (χ1) is 13.6. The second-order valence-corrected chi connectivity index (χ2v) is 7.27. The fourth-order valence-corrected chi connectivity index (χ4v) is 3.51. The van der Waals surface area contributed by atoms with E-state index < -0.39 is 0 Å². The van der Waals surface area contributed by atoms with Crippen molar-refractivity contribution in [1.82, 2.24) is 14.6 Å². The standard InChI is InChI=1S/C21H17FN4OS/c1-14-2-8-17(9-3-14)24-20(27)13-28-21-19-12-18(25-26(19)11-10-23-21)15-4-6-16(22)7-5-15/h2-12H,13H2,1H3,(H,24,27). The van der Waals surface area contributed by atoms with Crippen molar-refractivity contribution in [2.24, 2.45) is 0 Å². The van der Waals surface area contributed by atoms with Crippen molar-refractivity contribution in [1.29, 1.82) is 0 Å². The molecule has 28 heavy (non-hydrogen) atoms. The highest BCUT2D eigenvalue weighted by Crippen LogP contribution is 2.26. The molecule has 2 aromatic heterocycles. The number of nitrogens with one attached hydrogen (secondary N) is 1. The Morgan fingerprint density at radius 2 is 1.89 bits per heavy atom. The molecule has 0 atom stereocenters. The average molecular weight is 392 g/mol. The lowest BCUT2D eigenvalue weighted by molar-refractivity contribution is -0.113. The molecule has 2 aromatic carbocycles. The van der Waals surface area contributed by atoms with Gasteiger partial charge in [0.1, 0.15) is 10.8 Å². The van der Waals surface area contributed by atoms with Crippen LogP contribution in [0.1, 0.15) is 5.56 Å². The molecule has 7 heteroatoms. The van der Waals surface area contributed by atoms with E-state index in [2.05, 4.69) is 15.4 Å². The topological polar surface area (TPSA) is 59.3 Å². The summed E-state index contributed by atoms with van der Waals surface area (Å²) in [4.78, 5) is 16.6. The van der Waals surface area contributed by atoms with Crippen LogP contribution in [0, 0.1) is 12.7 Å². The first kappa shape index (κ1) is 18.2. The van der Waals surface area contributed by atoms with Gasteiger partial charge in [-0.1, -0.05) is 29.5 Å². The number of aromatic nitrogens is 3. The zero-order valence-electron chi connectivity index (χ0n) is 15.1. The molecule has 0 bridgehead atoms. The molecule has 0 spiro atoms. The predicted molar refractivity (Wildman–Crippen MR) is 109 cm³/mol. The van der Waals surface area contributed by atoms with Gasteiger partial charge in [-0.15, -0.1) is 0 Å². The summed E-state index contributed by atoms with van der Waals surface area (Å²) in [6, 6.07) is 15.7. The summed E-state index contributed by atoms with van der Waals surface area (Å²) >= 11 is 1.35. The molecule has 0 fully saturated rings. The normalized spacial score (nSPS) is 10.9. The lowest BCUT2D eigenvalue weighted by atomic mass is 10.1. The molecule has 0 aliphatic carbocycles. The molecule has 5 nitrogen and oxygen atoms in total. The quantitative estimate of drug-likeness (QED) is 0.505. The van der Waals surface area contributed by atoms with Crippen molar-refractivity contribution in [2.45, 2.75) is 11.9 Å². The SMILES string of the molecule is Cc1ccc(NC(=O)CSc2nccn3nc(-c4ccc(F)cc4)cc23)cc1. The van der Waals surface area contributed by atoms with Gasteiger partial charge in [-0.3, -0.25) is 4.79 Å². The zero-order chi connectivity index (χ0) is 19.5. The number of thioether (sulfide) groups is 1. The van der Waals surface area contributed by atoms with Crippen LogP contribution >= 0.6 is 11.8 Å². The van der Waals surface area contributed by atoms with Crippen LogP contribution in [0.15, 0.2) is 72.0 Å². The number of rotatable bonds is 5. The summed E-state index contributed by atoms with van der Waals surface area (Å²) in [5.74, 6) is -0.154. The van der Waals surface area contributed by atoms with Crippen molar-refractivity contribution >= 4 is 28.9 Å². The van der Waals surface area contributed by atoms with Crippen LogP contribution in [-0.2, 0) is 4.79 Å². The van der Waals surface area contributed by atoms with Gasteiger partial charge in [-0.25, -0.2) is 13.9 Å². The third-order valence-corrected chi connectivity index (χ3v) is 5.16. The Labute approximate surface area is 165 Å². The van der Waals surface area contributed by atoms with Crippen LogP contribution in [0.2, 0.25) is 0 Å². The number of aryl methyl sites for hydroxylation is 1. The third kappa shape index (κ3) is 4.04. The highest BCUT2D eigenvalue weighted by molar-refractivity contribution is 8.00. The number of carbonyl (C=O) groups is 1. The molecule has 2 heterocycles. The van der Waals surface area contributed by atoms with Crippen molar-refractivity contribution < 1.29 is 9.18 Å². The molecule has 0 radical (unpaired) electrons. The highest BCUT2D eigenvalue weighted by Gasteiger charge is 2.11. The Bertz CT molecular complexity index is 1120. The summed E-state index contributed by atoms with van der Waals surface area (Å²) in [5.41, 5.74) is 4.25. The van der Waals surface area contributed by atoms with Gasteiger partial charge < -0.3 is 5.32 Å². The molecule has 0 saturated carbocycles. The summed E-state index contributed by atoms with van der Waals surface area (Å²) in [5, 5.41) is 8.11. The predicted octanol–water partition coefficient (Wildman–Crippen LogP) is 4.57. The number of hydrogen-bond acceptors (Lipinski definition) is 4. The van der Waals surface area contributed by atoms with Crippen LogP contribution in [0.5, 0.6) is 0 Å². The number of nitrogens with zero attached hydrogens (tertiary/aromatic N) is 3. The van der Waals surface area contributed by atoms with Crippen molar-refractivity contribution in [3.8, 4) is 11.3 Å². The summed E-state index contributed by atoms with van der Waals surface area (Å²) in [6.45, 7) is 2.00. The number of carbonyl (C=O) groups excluding carboxylic acids is 1. The third-order valence-electron chi connectivity index (χ3n) is 4.17. The van der Waals surface area contributed by atoms with E-state index in [0.29, 0.717) is 5.03 Å². The minimum absolute atomic E-state index is 0.101. The smallest absolute Gasteiger partial charge is 0.234 e. The first-order valence-electron chi connectivity index (χ1n) is 8.68. The minimum Gasteiger partial charge on any atom is -0.325 e. The van der Waals surface area contributed by atoms with Gasteiger partial charge in [0.2, 0.25) is 5.91 Å². The average Bonchev–Trinajstić information content (AvgIpc) is 3.13. The Hall–Kier alpha value is -3.19. The van der Waals surface area contributed by atoms with E-state index in [1.165, 1.54) is 23.9 Å². The van der Waals surface area contributed by atoms with E-state index >= 15 is 0 Å². The second kappa shape index (κ2) is 7.82. The summed E-state index contributed by atoms with van der Waals surface area (Å²) in [7, 11) is 0. The van der Waals surface area contributed by atoms with Gasteiger partial charge in [0.25, 0.3) is 0 Å². The number of benzene rings is 2. The van der Waals surface area contributed by atoms with Crippen molar-refractivity contribution in [3.63, 3.8) is 0 Å². The number of hydrogen-bond donors (Lipinski definition) is 1. The lowest BCUT2D eigenvalue weighted by Crippen LogP contribution is -2.14. The number of fused-ring (bicyclic) bond motifs is 1. The number of halogens is 1. The van der Waals surface area contributed by atoms with Gasteiger partial charge in [-0.2, -0.15) is 5.10 Å². The minimum atomic E-state index is -0.287. The number of anilines is 1. The van der Waals surface area contributed by atoms with E-state index in [9.17, 15) is 9.18 Å². The van der Waals surface area contributed by atoms with Gasteiger partial charge in [-0.05, 0) is 49.4 Å². The highest BCUT2D eigenvalue weighted by atomic mass is 32.2. The molecule has 140 valence electrons. The summed E-state index contributed by atoms with van der Waals surface area (Å²) < 4.78 is 14.9. The maximum Gasteiger partial charge on any atom is 0.234 e. The molecule has 0 saturated heterocycles. The second-order valence-electron chi connectivity index (χ2n) is 6.30. The van der Waals surface area contributed by atoms with Crippen LogP contribution in [0.4, 0.5) is 10.1 Å². The van der Waals surface area contributed by atoms with Crippen LogP contribution in [-0.4, -0.2) is 26.3 Å². The first-order valence-corrected chi connectivity index (χ1v) is 9.67. The fourth-order valence-electron chi connectivity index (χ4n) is 2.74. The monoisotopic (exact) mass is 392 g/mol. The maximum absolute atomic E-state index is 13.1. The molecule has 1 N–H and O–H groups in total. The Morgan fingerprint density at radius 1 is 1.14 bits per heavy atom. The Morgan fingerprint density at radius 3 is 2.64 bits per heavy atom. The fraction of sp³-hybridized carbons (Fsp3) is 0.0952. The molecule has 1 amide bonds. The maximum atomic E-state index is 13.1. The molecular formula is C21H17FN4OS. The van der Waals surface area contributed by atoms with Gasteiger partial charge >= 0.3 is 0 Å². The van der Waals surface area contributed by atoms with Crippen molar-refractivity contribution in [3.05, 3.63) is 78.4 Å². The van der Waals surface area contributed by atoms with Crippen molar-refractivity contribution in [2.75, 3.05) is 11.1 Å². The van der Waals surface area contributed by atoms with E-state index in [1.54, 1.807) is 29.0 Å². The van der Waals surface area contributed by atoms with E-state index in [-0.39, 0.29) is 17.5 Å². The summed E-state index contributed by atoms with van der Waals surface area (Å²) in [6.07, 6.45) is 3.40. The lowest BCUT2D eigenvalue weighted by Gasteiger charge is -2.06. The Kier molecular flexibility index (Phi) is 5.08. The Balaban J connectivity index is 1.50. The van der Waals surface area contributed by atoms with Crippen LogP contribution < -0.4 is 5.32 Å². The van der Waals surface area contributed by atoms with Crippen LogP contribution in [0.3, 0.4) is 0 Å². The van der Waals surface area contributed by atoms with Gasteiger partial charge in [0.05, 0.1) is 17.0 Å². The molecule has 4 aromatic rings. The van der Waals surface area contributed by atoms with Gasteiger partial charge in [0, 0.05) is 23.6 Å². The van der Waals surface area contributed by atoms with E-state index in [1.807, 2.05) is 37.3 Å². The van der Waals surface area contributed by atoms with Crippen LogP contribution in [0.25, 0.3) is 16.8 Å². The van der Waals surface area contributed by atoms with E-state index in [4.69, 9.17) is 0 Å². The van der Waals surface area contributed by atoms with E-state index in [0.717, 1.165) is 28.0 Å². The largest absolute Gasteiger partial charge is 0.325 e. The molecule has 0 unspecified atom stereocenters. The molecule has 4 rings (SSSR count). The number of amides is 1.